The Morgan fingerprint density at radius 1 is 1.17 bits per heavy atom. The van der Waals surface area contributed by atoms with Gasteiger partial charge in [-0.15, -0.1) is 0 Å². The summed E-state index contributed by atoms with van der Waals surface area (Å²) in [5.74, 6) is 0.161. The third-order valence-corrected chi connectivity index (χ3v) is 3.89. The summed E-state index contributed by atoms with van der Waals surface area (Å²) in [6.45, 7) is 2.43. The largest absolute Gasteiger partial charge is 0.375 e. The van der Waals surface area contributed by atoms with Gasteiger partial charge in [-0.05, 0) is 12.8 Å². The molecule has 1 amide bonds. The summed E-state index contributed by atoms with van der Waals surface area (Å²) < 4.78 is 5.56. The molecule has 0 aromatic rings. The van der Waals surface area contributed by atoms with Crippen molar-refractivity contribution in [2.45, 2.75) is 63.5 Å². The number of rotatable bonds is 3. The molecule has 2 rings (SSSR count). The second-order valence-corrected chi connectivity index (χ2v) is 5.51. The lowest BCUT2D eigenvalue weighted by molar-refractivity contribution is -0.125. The molecule has 0 spiro atoms. The smallest absolute Gasteiger partial charge is 0.222 e. The standard InChI is InChI=1S/C14H26N2O2/c17-14(10-13-11-15-8-9-18-13)16-12-6-4-2-1-3-5-7-12/h12-13,15H,1-11H2,(H,16,17). The van der Waals surface area contributed by atoms with E-state index in [0.29, 0.717) is 12.5 Å². The number of ether oxygens (including phenoxy) is 1. The van der Waals surface area contributed by atoms with Crippen LogP contribution in [0, 0.1) is 0 Å². The Morgan fingerprint density at radius 2 is 1.89 bits per heavy atom. The molecule has 1 aliphatic carbocycles. The zero-order valence-corrected chi connectivity index (χ0v) is 11.2. The van der Waals surface area contributed by atoms with Crippen molar-refractivity contribution in [2.24, 2.45) is 0 Å². The van der Waals surface area contributed by atoms with Crippen LogP contribution >= 0.6 is 0 Å². The van der Waals surface area contributed by atoms with Gasteiger partial charge in [-0.2, -0.15) is 0 Å². The van der Waals surface area contributed by atoms with E-state index in [0.717, 1.165) is 32.5 Å². The summed E-state index contributed by atoms with van der Waals surface area (Å²) in [6.07, 6.45) is 9.38. The molecule has 18 heavy (non-hydrogen) atoms. The summed E-state index contributed by atoms with van der Waals surface area (Å²) in [6, 6.07) is 0.398. The molecule has 4 nitrogen and oxygen atoms in total. The van der Waals surface area contributed by atoms with E-state index in [1.54, 1.807) is 0 Å². The summed E-state index contributed by atoms with van der Waals surface area (Å²) in [4.78, 5) is 12.0. The van der Waals surface area contributed by atoms with E-state index < -0.39 is 0 Å². The number of hydrogen-bond donors (Lipinski definition) is 2. The van der Waals surface area contributed by atoms with Crippen LogP contribution in [0.25, 0.3) is 0 Å². The van der Waals surface area contributed by atoms with Gasteiger partial charge in [-0.3, -0.25) is 4.79 Å². The molecule has 0 aromatic heterocycles. The van der Waals surface area contributed by atoms with E-state index in [9.17, 15) is 4.79 Å². The molecular formula is C14H26N2O2. The number of nitrogens with one attached hydrogen (secondary N) is 2. The number of hydrogen-bond acceptors (Lipinski definition) is 3. The van der Waals surface area contributed by atoms with Crippen LogP contribution in [-0.4, -0.2) is 37.7 Å². The van der Waals surface area contributed by atoms with Crippen molar-refractivity contribution in [1.82, 2.24) is 10.6 Å². The highest BCUT2D eigenvalue weighted by atomic mass is 16.5. The molecule has 2 aliphatic rings. The average molecular weight is 254 g/mol. The van der Waals surface area contributed by atoms with Gasteiger partial charge in [0.1, 0.15) is 0 Å². The van der Waals surface area contributed by atoms with Crippen LogP contribution in [-0.2, 0) is 9.53 Å². The average Bonchev–Trinajstić information content (AvgIpc) is 2.34. The minimum atomic E-state index is 0.0623. The van der Waals surface area contributed by atoms with Crippen molar-refractivity contribution < 1.29 is 9.53 Å². The first-order valence-corrected chi connectivity index (χ1v) is 7.46. The van der Waals surface area contributed by atoms with Crippen LogP contribution in [0.1, 0.15) is 51.4 Å². The fourth-order valence-corrected chi connectivity index (χ4v) is 2.84. The van der Waals surface area contributed by atoms with E-state index >= 15 is 0 Å². The summed E-state index contributed by atoms with van der Waals surface area (Å²) in [7, 11) is 0. The number of carbonyl (C=O) groups is 1. The van der Waals surface area contributed by atoms with E-state index in [4.69, 9.17) is 4.74 Å². The van der Waals surface area contributed by atoms with Gasteiger partial charge < -0.3 is 15.4 Å². The van der Waals surface area contributed by atoms with Gasteiger partial charge in [-0.25, -0.2) is 0 Å². The van der Waals surface area contributed by atoms with E-state index in [1.165, 1.54) is 32.1 Å². The van der Waals surface area contributed by atoms with Crippen molar-refractivity contribution in [1.29, 1.82) is 0 Å². The molecule has 4 heteroatoms. The van der Waals surface area contributed by atoms with Gasteiger partial charge >= 0.3 is 0 Å². The van der Waals surface area contributed by atoms with Gasteiger partial charge in [0.05, 0.1) is 19.1 Å². The van der Waals surface area contributed by atoms with Crippen LogP contribution in [0.3, 0.4) is 0 Å². The first kappa shape index (κ1) is 13.8. The second kappa shape index (κ2) is 7.74. The Hall–Kier alpha value is -0.610. The first-order chi connectivity index (χ1) is 8.84. The molecule has 1 atom stereocenters. The first-order valence-electron chi connectivity index (χ1n) is 7.46. The number of amides is 1. The molecule has 1 heterocycles. The minimum absolute atomic E-state index is 0.0623. The minimum Gasteiger partial charge on any atom is -0.375 e. The molecule has 1 saturated carbocycles. The maximum atomic E-state index is 12.0. The third-order valence-electron chi connectivity index (χ3n) is 3.89. The van der Waals surface area contributed by atoms with Gasteiger partial charge in [0.15, 0.2) is 0 Å². The summed E-state index contributed by atoms with van der Waals surface area (Å²) in [5, 5.41) is 6.44. The van der Waals surface area contributed by atoms with Crippen LogP contribution in [0.2, 0.25) is 0 Å². The van der Waals surface area contributed by atoms with Crippen LogP contribution in [0.15, 0.2) is 0 Å². The Labute approximate surface area is 110 Å². The van der Waals surface area contributed by atoms with Gasteiger partial charge in [0, 0.05) is 19.1 Å². The van der Waals surface area contributed by atoms with Crippen LogP contribution < -0.4 is 10.6 Å². The molecule has 0 aromatic carbocycles. The molecule has 2 N–H and O–H groups in total. The topological polar surface area (TPSA) is 50.4 Å². The molecule has 2 fully saturated rings. The Kier molecular flexibility index (Phi) is 5.94. The molecular weight excluding hydrogens is 228 g/mol. The normalized spacial score (nSPS) is 27.2. The van der Waals surface area contributed by atoms with E-state index in [2.05, 4.69) is 10.6 Å². The lowest BCUT2D eigenvalue weighted by Gasteiger charge is -2.25. The predicted octanol–water partition coefficient (Wildman–Crippen LogP) is 1.59. The zero-order chi connectivity index (χ0) is 12.6. The highest BCUT2D eigenvalue weighted by molar-refractivity contribution is 5.76. The number of carbonyl (C=O) groups excluding carboxylic acids is 1. The Balaban J connectivity index is 1.68. The fraction of sp³-hybridized carbons (Fsp3) is 0.929. The van der Waals surface area contributed by atoms with Crippen molar-refractivity contribution >= 4 is 5.91 Å². The molecule has 1 unspecified atom stereocenters. The lowest BCUT2D eigenvalue weighted by Crippen LogP contribution is -2.43. The van der Waals surface area contributed by atoms with Gasteiger partial charge in [0.2, 0.25) is 5.91 Å². The molecule has 1 saturated heterocycles. The maximum absolute atomic E-state index is 12.0. The Morgan fingerprint density at radius 3 is 2.56 bits per heavy atom. The molecule has 1 aliphatic heterocycles. The molecule has 104 valence electrons. The van der Waals surface area contributed by atoms with Gasteiger partial charge in [0.25, 0.3) is 0 Å². The second-order valence-electron chi connectivity index (χ2n) is 5.51. The van der Waals surface area contributed by atoms with E-state index in [1.807, 2.05) is 0 Å². The lowest BCUT2D eigenvalue weighted by atomic mass is 9.96. The van der Waals surface area contributed by atoms with Crippen molar-refractivity contribution in [3.05, 3.63) is 0 Å². The zero-order valence-electron chi connectivity index (χ0n) is 11.2. The number of morpholine rings is 1. The predicted molar refractivity (Wildman–Crippen MR) is 71.5 cm³/mol. The molecule has 0 radical (unpaired) electrons. The SMILES string of the molecule is O=C(CC1CNCCO1)NC1CCCCCCC1. The van der Waals surface area contributed by atoms with Crippen molar-refractivity contribution in [2.75, 3.05) is 19.7 Å². The van der Waals surface area contributed by atoms with Crippen LogP contribution in [0.4, 0.5) is 0 Å². The third kappa shape index (κ3) is 4.94. The summed E-state index contributed by atoms with van der Waals surface area (Å²) in [5.41, 5.74) is 0. The maximum Gasteiger partial charge on any atom is 0.222 e. The van der Waals surface area contributed by atoms with E-state index in [-0.39, 0.29) is 12.0 Å². The summed E-state index contributed by atoms with van der Waals surface area (Å²) >= 11 is 0. The van der Waals surface area contributed by atoms with Crippen molar-refractivity contribution in [3.63, 3.8) is 0 Å². The van der Waals surface area contributed by atoms with Gasteiger partial charge in [-0.1, -0.05) is 32.1 Å². The van der Waals surface area contributed by atoms with Crippen molar-refractivity contribution in [3.8, 4) is 0 Å². The fourth-order valence-electron chi connectivity index (χ4n) is 2.84. The van der Waals surface area contributed by atoms with Crippen LogP contribution in [0.5, 0.6) is 0 Å². The highest BCUT2D eigenvalue weighted by Crippen LogP contribution is 2.17. The molecule has 0 bridgehead atoms. The quantitative estimate of drug-likeness (QED) is 0.804. The monoisotopic (exact) mass is 254 g/mol. The highest BCUT2D eigenvalue weighted by Gasteiger charge is 2.19. The Bertz CT molecular complexity index is 244.